The molecule has 136 valence electrons. The fourth-order valence-corrected chi connectivity index (χ4v) is 3.10. The molecule has 1 aromatic carbocycles. The van der Waals surface area contributed by atoms with Gasteiger partial charge in [-0.05, 0) is 58.6 Å². The van der Waals surface area contributed by atoms with Gasteiger partial charge in [0.2, 0.25) is 0 Å². The van der Waals surface area contributed by atoms with E-state index >= 15 is 0 Å². The van der Waals surface area contributed by atoms with Gasteiger partial charge in [0.05, 0.1) is 16.7 Å². The van der Waals surface area contributed by atoms with Crippen LogP contribution in [-0.4, -0.2) is 35.8 Å². The molecule has 0 radical (unpaired) electrons. The summed E-state index contributed by atoms with van der Waals surface area (Å²) >= 11 is 6.04. The zero-order valence-corrected chi connectivity index (χ0v) is 16.0. The topological polar surface area (TPSA) is 62.6 Å². The van der Waals surface area contributed by atoms with E-state index in [0.717, 1.165) is 25.7 Å². The molecule has 0 N–H and O–H groups in total. The molecule has 0 spiro atoms. The van der Waals surface area contributed by atoms with E-state index in [1.165, 1.54) is 0 Å². The van der Waals surface area contributed by atoms with Crippen LogP contribution in [-0.2, 0) is 4.74 Å². The van der Waals surface area contributed by atoms with Crippen LogP contribution in [0.2, 0.25) is 5.02 Å². The van der Waals surface area contributed by atoms with E-state index in [-0.39, 0.29) is 18.2 Å². The summed E-state index contributed by atoms with van der Waals surface area (Å²) in [5, 5.41) is 9.31. The highest BCUT2D eigenvalue weighted by Crippen LogP contribution is 2.29. The number of halogens is 1. The van der Waals surface area contributed by atoms with Crippen molar-refractivity contribution >= 4 is 17.7 Å². The molecule has 0 aromatic heterocycles. The molecule has 0 unspecified atom stereocenters. The van der Waals surface area contributed by atoms with Gasteiger partial charge in [-0.25, -0.2) is 4.79 Å². The van der Waals surface area contributed by atoms with Crippen LogP contribution in [0.4, 0.5) is 4.79 Å². The molecule has 0 aliphatic heterocycles. The van der Waals surface area contributed by atoms with Crippen LogP contribution in [0.1, 0.15) is 52.0 Å². The van der Waals surface area contributed by atoms with Crippen molar-refractivity contribution in [2.24, 2.45) is 0 Å². The highest BCUT2D eigenvalue weighted by atomic mass is 35.5. The average Bonchev–Trinajstić information content (AvgIpc) is 2.53. The smallest absolute Gasteiger partial charge is 0.410 e. The van der Waals surface area contributed by atoms with Crippen molar-refractivity contribution in [3.05, 3.63) is 28.8 Å². The molecule has 1 amide bonds. The number of carbonyl (C=O) groups is 1. The fourth-order valence-electron chi connectivity index (χ4n) is 2.89. The standard InChI is InChI=1S/C19H25ClN2O3/c1-19(2,3)25-18(23)22(4)14-6-9-15(10-7-14)24-16-8-5-13(12-21)17(20)11-16/h5,8,11,14-15H,6-7,9-10H2,1-4H3/t14-,15+. The van der Waals surface area contributed by atoms with Gasteiger partial charge in [0.25, 0.3) is 0 Å². The van der Waals surface area contributed by atoms with Crippen LogP contribution in [0.3, 0.4) is 0 Å². The zero-order valence-electron chi connectivity index (χ0n) is 15.2. The highest BCUT2D eigenvalue weighted by Gasteiger charge is 2.30. The van der Waals surface area contributed by atoms with Gasteiger partial charge in [-0.2, -0.15) is 5.26 Å². The van der Waals surface area contributed by atoms with Gasteiger partial charge in [-0.15, -0.1) is 0 Å². The highest BCUT2D eigenvalue weighted by molar-refractivity contribution is 6.31. The maximum atomic E-state index is 12.2. The van der Waals surface area contributed by atoms with Crippen LogP contribution < -0.4 is 4.74 Å². The molecule has 6 heteroatoms. The first-order chi connectivity index (χ1) is 11.7. The number of carbonyl (C=O) groups excluding carboxylic acids is 1. The quantitative estimate of drug-likeness (QED) is 0.775. The Morgan fingerprint density at radius 1 is 1.28 bits per heavy atom. The lowest BCUT2D eigenvalue weighted by Crippen LogP contribution is -2.43. The zero-order chi connectivity index (χ0) is 18.6. The molecule has 1 aliphatic carbocycles. The molecule has 1 saturated carbocycles. The number of ether oxygens (including phenoxy) is 2. The Morgan fingerprint density at radius 3 is 2.44 bits per heavy atom. The van der Waals surface area contributed by atoms with Crippen molar-refractivity contribution < 1.29 is 14.3 Å². The van der Waals surface area contributed by atoms with Crippen molar-refractivity contribution in [3.63, 3.8) is 0 Å². The number of hydrogen-bond donors (Lipinski definition) is 0. The van der Waals surface area contributed by atoms with E-state index in [2.05, 4.69) is 0 Å². The maximum Gasteiger partial charge on any atom is 0.410 e. The minimum absolute atomic E-state index is 0.0901. The SMILES string of the molecule is CN(C(=O)OC(C)(C)C)[C@H]1CC[C@@H](Oc2ccc(C#N)c(Cl)c2)CC1. The summed E-state index contributed by atoms with van der Waals surface area (Å²) in [6.07, 6.45) is 3.25. The van der Waals surface area contributed by atoms with Crippen LogP contribution in [0, 0.1) is 11.3 Å². The molecule has 5 nitrogen and oxygen atoms in total. The van der Waals surface area contributed by atoms with E-state index in [0.29, 0.717) is 16.3 Å². The van der Waals surface area contributed by atoms with E-state index in [9.17, 15) is 4.79 Å². The number of amides is 1. The lowest BCUT2D eigenvalue weighted by molar-refractivity contribution is 0.0139. The van der Waals surface area contributed by atoms with Crippen molar-refractivity contribution in [2.45, 2.75) is 64.2 Å². The first kappa shape index (κ1) is 19.4. The van der Waals surface area contributed by atoms with E-state index in [1.54, 1.807) is 30.1 Å². The summed E-state index contributed by atoms with van der Waals surface area (Å²) in [6, 6.07) is 7.31. The Bertz CT molecular complexity index is 656. The van der Waals surface area contributed by atoms with Crippen molar-refractivity contribution in [2.75, 3.05) is 7.05 Å². The largest absolute Gasteiger partial charge is 0.490 e. The second kappa shape index (κ2) is 7.97. The lowest BCUT2D eigenvalue weighted by Gasteiger charge is -2.35. The Morgan fingerprint density at radius 2 is 1.92 bits per heavy atom. The summed E-state index contributed by atoms with van der Waals surface area (Å²) in [4.78, 5) is 13.9. The molecule has 1 aromatic rings. The van der Waals surface area contributed by atoms with Gasteiger partial charge < -0.3 is 14.4 Å². The van der Waals surface area contributed by atoms with Crippen molar-refractivity contribution in [3.8, 4) is 11.8 Å². The molecule has 0 saturated heterocycles. The molecule has 2 rings (SSSR count). The second-order valence-corrected chi connectivity index (χ2v) is 7.80. The van der Waals surface area contributed by atoms with Crippen molar-refractivity contribution in [1.82, 2.24) is 4.90 Å². The first-order valence-electron chi connectivity index (χ1n) is 8.51. The molecular formula is C19H25ClN2O3. The minimum atomic E-state index is -0.486. The summed E-state index contributed by atoms with van der Waals surface area (Å²) < 4.78 is 11.4. The van der Waals surface area contributed by atoms with Gasteiger partial charge in [0, 0.05) is 19.2 Å². The van der Waals surface area contributed by atoms with Gasteiger partial charge in [-0.1, -0.05) is 11.6 Å². The van der Waals surface area contributed by atoms with E-state index in [4.69, 9.17) is 26.3 Å². The van der Waals surface area contributed by atoms with E-state index in [1.807, 2.05) is 26.8 Å². The predicted molar refractivity (Wildman–Crippen MR) is 96.8 cm³/mol. The lowest BCUT2D eigenvalue weighted by atomic mass is 9.92. The molecule has 0 bridgehead atoms. The minimum Gasteiger partial charge on any atom is -0.490 e. The normalized spacial score (nSPS) is 20.5. The van der Waals surface area contributed by atoms with Crippen LogP contribution >= 0.6 is 11.6 Å². The molecule has 1 fully saturated rings. The molecule has 1 aliphatic rings. The summed E-state index contributed by atoms with van der Waals surface area (Å²) in [5.74, 6) is 0.674. The first-order valence-corrected chi connectivity index (χ1v) is 8.89. The number of nitrogens with zero attached hydrogens (tertiary/aromatic N) is 2. The Kier molecular flexibility index (Phi) is 6.18. The predicted octanol–water partition coefficient (Wildman–Crippen LogP) is 4.77. The van der Waals surface area contributed by atoms with Gasteiger partial charge >= 0.3 is 6.09 Å². The maximum absolute atomic E-state index is 12.2. The summed E-state index contributed by atoms with van der Waals surface area (Å²) in [7, 11) is 1.79. The van der Waals surface area contributed by atoms with E-state index < -0.39 is 5.60 Å². The number of nitriles is 1. The molecule has 25 heavy (non-hydrogen) atoms. The molecular weight excluding hydrogens is 340 g/mol. The van der Waals surface area contributed by atoms with Crippen LogP contribution in [0.15, 0.2) is 18.2 Å². The number of rotatable bonds is 3. The third-order valence-electron chi connectivity index (χ3n) is 4.24. The third kappa shape index (κ3) is 5.54. The number of benzene rings is 1. The van der Waals surface area contributed by atoms with Crippen LogP contribution in [0.25, 0.3) is 0 Å². The monoisotopic (exact) mass is 364 g/mol. The van der Waals surface area contributed by atoms with Gasteiger partial charge in [0.15, 0.2) is 0 Å². The van der Waals surface area contributed by atoms with Gasteiger partial charge in [0.1, 0.15) is 17.4 Å². The fraction of sp³-hybridized carbons (Fsp3) is 0.579. The molecule has 0 heterocycles. The Hall–Kier alpha value is -1.93. The van der Waals surface area contributed by atoms with Gasteiger partial charge in [-0.3, -0.25) is 0 Å². The Labute approximate surface area is 154 Å². The number of hydrogen-bond acceptors (Lipinski definition) is 4. The second-order valence-electron chi connectivity index (χ2n) is 7.39. The molecule has 0 atom stereocenters. The summed E-state index contributed by atoms with van der Waals surface area (Å²) in [6.45, 7) is 5.60. The van der Waals surface area contributed by atoms with Crippen molar-refractivity contribution in [1.29, 1.82) is 5.26 Å². The third-order valence-corrected chi connectivity index (χ3v) is 4.55. The average molecular weight is 365 g/mol. The van der Waals surface area contributed by atoms with Crippen LogP contribution in [0.5, 0.6) is 5.75 Å². The Balaban J connectivity index is 1.86. The summed E-state index contributed by atoms with van der Waals surface area (Å²) in [5.41, 5.74) is -0.0442.